The van der Waals surface area contributed by atoms with Gasteiger partial charge in [-0.25, -0.2) is 0 Å². The fourth-order valence-corrected chi connectivity index (χ4v) is 17.9. The van der Waals surface area contributed by atoms with Crippen molar-refractivity contribution < 1.29 is 38.4 Å². The van der Waals surface area contributed by atoms with E-state index >= 15 is 0 Å². The van der Waals surface area contributed by atoms with Crippen molar-refractivity contribution in [1.82, 2.24) is 19.6 Å². The lowest BCUT2D eigenvalue weighted by Gasteiger charge is -2.34. The van der Waals surface area contributed by atoms with Crippen LogP contribution in [0.3, 0.4) is 0 Å². The largest absolute Gasteiger partial charge is 0.271 e. The molecule has 11 aromatic carbocycles. The summed E-state index contributed by atoms with van der Waals surface area (Å²) in [5, 5.41) is 8.45. The van der Waals surface area contributed by atoms with E-state index in [0.29, 0.717) is 44.5 Å². The molecular formula is C96H98N4O8. The Hall–Kier alpha value is -10.7. The van der Waals surface area contributed by atoms with Crippen molar-refractivity contribution in [3.05, 3.63) is 226 Å². The summed E-state index contributed by atoms with van der Waals surface area (Å²) in [4.78, 5) is 118. The predicted octanol–water partition coefficient (Wildman–Crippen LogP) is 23.6. The van der Waals surface area contributed by atoms with Gasteiger partial charge in [0.25, 0.3) is 47.3 Å². The van der Waals surface area contributed by atoms with Crippen LogP contribution >= 0.6 is 0 Å². The first-order chi connectivity index (χ1) is 52.7. The van der Waals surface area contributed by atoms with E-state index in [-0.39, 0.29) is 71.4 Å². The Morgan fingerprint density at radius 2 is 0.398 bits per heavy atom. The van der Waals surface area contributed by atoms with Crippen molar-refractivity contribution in [2.75, 3.05) is 0 Å². The number of nitrogens with zero attached hydrogens (tertiary/aromatic N) is 4. The van der Waals surface area contributed by atoms with E-state index in [4.69, 9.17) is 0 Å². The molecule has 12 nitrogen and oxygen atoms in total. The fraction of sp³-hybridized carbons (Fsp3) is 0.333. The number of carbonyl (C=O) groups excluding carboxylic acids is 8. The molecule has 0 aliphatic carbocycles. The molecule has 4 aliphatic rings. The van der Waals surface area contributed by atoms with Gasteiger partial charge in [-0.1, -0.05) is 266 Å². The molecule has 0 saturated heterocycles. The summed E-state index contributed by atoms with van der Waals surface area (Å²) in [5.41, 5.74) is 12.4. The molecule has 0 spiro atoms. The molecule has 108 heavy (non-hydrogen) atoms. The lowest BCUT2D eigenvalue weighted by atomic mass is 9.84. The summed E-state index contributed by atoms with van der Waals surface area (Å²) < 4.78 is 0. The van der Waals surface area contributed by atoms with Crippen LogP contribution in [0.5, 0.6) is 0 Å². The van der Waals surface area contributed by atoms with Crippen molar-refractivity contribution in [3.63, 3.8) is 0 Å². The van der Waals surface area contributed by atoms with Gasteiger partial charge < -0.3 is 0 Å². The number of rotatable bonds is 28. The van der Waals surface area contributed by atoms with Gasteiger partial charge in [0, 0.05) is 90.2 Å². The summed E-state index contributed by atoms with van der Waals surface area (Å²) >= 11 is 0. The van der Waals surface area contributed by atoms with Gasteiger partial charge in [0.1, 0.15) is 0 Å². The summed E-state index contributed by atoms with van der Waals surface area (Å²) in [5.74, 6) is -1.66. The molecule has 0 radical (unpaired) electrons. The maximum absolute atomic E-state index is 14.1. The summed E-state index contributed by atoms with van der Waals surface area (Å²) in [6, 6.07) is 59.1. The third-order valence-corrected chi connectivity index (χ3v) is 23.7. The molecule has 0 bridgehead atoms. The van der Waals surface area contributed by atoms with Crippen LogP contribution < -0.4 is 0 Å². The highest BCUT2D eigenvalue weighted by Crippen LogP contribution is 2.47. The minimum atomic E-state index is -0.210. The smallest absolute Gasteiger partial charge is 0.261 e. The van der Waals surface area contributed by atoms with Crippen LogP contribution in [0.1, 0.15) is 267 Å². The molecule has 0 saturated carbocycles. The van der Waals surface area contributed by atoms with Gasteiger partial charge in [0.05, 0.1) is 0 Å². The standard InChI is InChI=1S/C50H50N2O4.C46H48N2O4/c1-5-9-11-17-31(7-3)51-47(53)41-23-15-21-39-37(27-29-43(45(39)41)49(51)55)35-25-26-36(34-20-14-13-19-33(34)35)38-28-30-44-46-40(38)22-16-24-42(46)48(54)52(50(44)56)32(8-4)18-12-10-6-2;1-5-9-11-15-31(7-3)47-43(49)37-19-13-17-35-33(25-27-39(41(35)37)45(47)51)29-21-23-30(24-22-29)34-26-28-40-42-36(34)18-14-20-38(42)44(50)48(46(40)52)32(8-4)16-12-10-6-2/h13-16,19-32H,5-12,17-18H2,1-4H3;13-14,17-28,31-32H,5-12,15-16H2,1-4H3. The lowest BCUT2D eigenvalue weighted by Crippen LogP contribution is -2.46. The first-order valence-electron chi connectivity index (χ1n) is 40.1. The van der Waals surface area contributed by atoms with Crippen LogP contribution in [0.2, 0.25) is 0 Å². The number of fused-ring (bicyclic) bond motifs is 1. The van der Waals surface area contributed by atoms with Crippen LogP contribution in [0.4, 0.5) is 0 Å². The molecule has 0 fully saturated rings. The molecule has 4 unspecified atom stereocenters. The maximum Gasteiger partial charge on any atom is 0.261 e. The highest BCUT2D eigenvalue weighted by Gasteiger charge is 2.42. The second-order valence-corrected chi connectivity index (χ2v) is 30.0. The van der Waals surface area contributed by atoms with E-state index in [1.54, 1.807) is 0 Å². The maximum atomic E-state index is 14.1. The number of carbonyl (C=O) groups is 8. The normalized spacial score (nSPS) is 15.1. The first-order valence-corrected chi connectivity index (χ1v) is 40.1. The third-order valence-electron chi connectivity index (χ3n) is 23.7. The number of hydrogen-bond donors (Lipinski definition) is 0. The quantitative estimate of drug-likeness (QED) is 0.0347. The Balaban J connectivity index is 0.000000181. The summed E-state index contributed by atoms with van der Waals surface area (Å²) in [6.07, 6.45) is 18.8. The van der Waals surface area contributed by atoms with Crippen molar-refractivity contribution in [2.24, 2.45) is 0 Å². The molecule has 11 aromatic rings. The molecule has 4 aliphatic heterocycles. The van der Waals surface area contributed by atoms with Gasteiger partial charge in [-0.3, -0.25) is 58.0 Å². The van der Waals surface area contributed by atoms with Crippen molar-refractivity contribution in [2.45, 2.75) is 208 Å². The fourth-order valence-electron chi connectivity index (χ4n) is 17.9. The molecular weight excluding hydrogens is 1340 g/mol. The zero-order valence-electron chi connectivity index (χ0n) is 63.8. The van der Waals surface area contributed by atoms with E-state index in [0.717, 1.165) is 227 Å². The summed E-state index contributed by atoms with van der Waals surface area (Å²) in [7, 11) is 0. The highest BCUT2D eigenvalue weighted by molar-refractivity contribution is 6.31. The molecule has 0 aromatic heterocycles. The Morgan fingerprint density at radius 1 is 0.204 bits per heavy atom. The average molecular weight is 1440 g/mol. The Morgan fingerprint density at radius 3 is 0.630 bits per heavy atom. The van der Waals surface area contributed by atoms with Crippen LogP contribution in [-0.2, 0) is 0 Å². The van der Waals surface area contributed by atoms with Gasteiger partial charge >= 0.3 is 0 Å². The van der Waals surface area contributed by atoms with Gasteiger partial charge in [-0.2, -0.15) is 0 Å². The number of hydrogen-bond acceptors (Lipinski definition) is 8. The van der Waals surface area contributed by atoms with E-state index in [2.05, 4.69) is 104 Å². The van der Waals surface area contributed by atoms with E-state index < -0.39 is 0 Å². The van der Waals surface area contributed by atoms with Gasteiger partial charge in [-0.05, 0) is 177 Å². The van der Waals surface area contributed by atoms with Gasteiger partial charge in [-0.15, -0.1) is 0 Å². The van der Waals surface area contributed by atoms with Crippen molar-refractivity contribution in [3.8, 4) is 44.5 Å². The van der Waals surface area contributed by atoms with Crippen molar-refractivity contribution in [1.29, 1.82) is 0 Å². The van der Waals surface area contributed by atoms with Crippen LogP contribution in [0.25, 0.3) is 98.4 Å². The second kappa shape index (κ2) is 32.0. The molecule has 550 valence electrons. The zero-order valence-corrected chi connectivity index (χ0v) is 63.8. The zero-order chi connectivity index (χ0) is 75.6. The second-order valence-electron chi connectivity index (χ2n) is 30.0. The summed E-state index contributed by atoms with van der Waals surface area (Å²) in [6.45, 7) is 16.9. The molecule has 15 rings (SSSR count). The monoisotopic (exact) mass is 1430 g/mol. The van der Waals surface area contributed by atoms with Crippen LogP contribution in [0, 0.1) is 0 Å². The first kappa shape index (κ1) is 74.1. The van der Waals surface area contributed by atoms with E-state index in [1.165, 1.54) is 19.6 Å². The molecule has 0 N–H and O–H groups in total. The Labute approximate surface area is 634 Å². The highest BCUT2D eigenvalue weighted by atomic mass is 16.2. The minimum absolute atomic E-state index is 0.114. The molecule has 8 amide bonds. The van der Waals surface area contributed by atoms with E-state index in [9.17, 15) is 38.4 Å². The predicted molar refractivity (Wildman–Crippen MR) is 437 cm³/mol. The number of imide groups is 4. The molecule has 4 atom stereocenters. The Kier molecular flexibility index (Phi) is 22.0. The number of benzene rings is 11. The van der Waals surface area contributed by atoms with Crippen LogP contribution in [-0.4, -0.2) is 91.0 Å². The third kappa shape index (κ3) is 13.0. The van der Waals surface area contributed by atoms with Crippen LogP contribution in [0.15, 0.2) is 182 Å². The topological polar surface area (TPSA) is 150 Å². The van der Waals surface area contributed by atoms with E-state index in [1.807, 2.05) is 133 Å². The van der Waals surface area contributed by atoms with Gasteiger partial charge in [0.15, 0.2) is 0 Å². The van der Waals surface area contributed by atoms with Crippen molar-refractivity contribution >= 4 is 101 Å². The average Bonchev–Trinajstić information content (AvgIpc) is 0.741. The SMILES string of the molecule is CCCCCC(CC)N1C(=O)c2cccc3c(-c4ccc(-c5ccc6c7c(cccc57)C(=O)N(C(CC)CCCCC)C6=O)c5ccccc45)ccc(c23)C1=O.CCCCCC(CC)N1C(=O)c2cccc3c(-c4ccc(-c5ccc6c7c(cccc57)C(=O)N(C(CC)CCCCC)C6=O)cc4)ccc(c23)C1=O. The molecule has 4 heterocycles. The number of unbranched alkanes of at least 4 members (excludes halogenated alkanes) is 8. The minimum Gasteiger partial charge on any atom is -0.271 e. The number of amides is 8. The van der Waals surface area contributed by atoms with Gasteiger partial charge in [0.2, 0.25) is 0 Å². The lowest BCUT2D eigenvalue weighted by molar-refractivity contribution is 0.0508. The Bertz CT molecular complexity index is 5000. The molecule has 12 heteroatoms.